The summed E-state index contributed by atoms with van der Waals surface area (Å²) in [5.74, 6) is 0. The molecule has 0 aliphatic carbocycles. The number of aliphatic hydroxyl groups is 1. The van der Waals surface area contributed by atoms with Crippen LogP contribution < -0.4 is 29.6 Å². The van der Waals surface area contributed by atoms with E-state index >= 15 is 0 Å². The summed E-state index contributed by atoms with van der Waals surface area (Å²) in [6.07, 6.45) is 12.5. The van der Waals surface area contributed by atoms with Crippen LogP contribution in [-0.2, 0) is 10.1 Å². The fourth-order valence-electron chi connectivity index (χ4n) is 2.94. The van der Waals surface area contributed by atoms with Crippen molar-refractivity contribution < 1.29 is 47.6 Å². The molecule has 0 amide bonds. The minimum atomic E-state index is -4.20. The molecular weight excluding hydrogens is 335 g/mol. The zero-order valence-corrected chi connectivity index (χ0v) is 19.0. The molecule has 1 N–H and O–H groups in total. The summed E-state index contributed by atoms with van der Waals surface area (Å²) in [6, 6.07) is 0. The average Bonchev–Trinajstić information content (AvgIpc) is 2.48. The molecule has 4 nitrogen and oxygen atoms in total. The van der Waals surface area contributed by atoms with Gasteiger partial charge in [-0.3, -0.25) is 0 Å². The molecule has 0 aromatic carbocycles. The van der Waals surface area contributed by atoms with Gasteiger partial charge in [0, 0.05) is 5.25 Å². The van der Waals surface area contributed by atoms with E-state index in [0.717, 1.165) is 38.5 Å². The molecule has 0 radical (unpaired) electrons. The van der Waals surface area contributed by atoms with E-state index in [1.54, 1.807) is 0 Å². The van der Waals surface area contributed by atoms with Crippen LogP contribution in [0, 0.1) is 0 Å². The first-order valence-corrected chi connectivity index (χ1v) is 11.0. The Balaban J connectivity index is 0. The van der Waals surface area contributed by atoms with Crippen molar-refractivity contribution in [3.05, 3.63) is 0 Å². The van der Waals surface area contributed by atoms with Gasteiger partial charge < -0.3 is 9.66 Å². The molecule has 0 rings (SSSR count). The SMILES string of the molecule is CCCCCCCCC(O)CCCC(CCCCC)S(=O)(=O)[O-].[Na+]. The van der Waals surface area contributed by atoms with E-state index in [9.17, 15) is 18.1 Å². The predicted molar refractivity (Wildman–Crippen MR) is 95.5 cm³/mol. The Morgan fingerprint density at radius 1 is 0.750 bits per heavy atom. The van der Waals surface area contributed by atoms with Crippen LogP contribution in [0.3, 0.4) is 0 Å². The Bertz CT molecular complexity index is 360. The van der Waals surface area contributed by atoms with E-state index in [1.807, 2.05) is 0 Å². The van der Waals surface area contributed by atoms with Crippen LogP contribution in [0.4, 0.5) is 0 Å². The van der Waals surface area contributed by atoms with Crippen LogP contribution >= 0.6 is 0 Å². The Morgan fingerprint density at radius 2 is 1.17 bits per heavy atom. The Labute approximate surface area is 172 Å². The van der Waals surface area contributed by atoms with Gasteiger partial charge in [-0.05, 0) is 32.1 Å². The normalized spacial score (nSPS) is 14.2. The molecule has 0 aliphatic rings. The monoisotopic (exact) mass is 372 g/mol. The van der Waals surface area contributed by atoms with Gasteiger partial charge in [0.1, 0.15) is 0 Å². The standard InChI is InChI=1S/C18H38O4S.Na/c1-3-5-7-8-9-11-13-17(19)14-12-16-18(23(20,21)22)15-10-6-4-2;/h17-19H,3-16H2,1-2H3,(H,20,21,22);/q;+1/p-1. The molecule has 24 heavy (non-hydrogen) atoms. The van der Waals surface area contributed by atoms with Crippen molar-refractivity contribution in [2.75, 3.05) is 0 Å². The molecular formula is C18H37NaO4S. The smallest absolute Gasteiger partial charge is 0.748 e. The summed E-state index contributed by atoms with van der Waals surface area (Å²) >= 11 is 0. The van der Waals surface area contributed by atoms with E-state index in [-0.39, 0.29) is 35.7 Å². The van der Waals surface area contributed by atoms with Gasteiger partial charge in [0.15, 0.2) is 0 Å². The number of hydrogen-bond acceptors (Lipinski definition) is 4. The van der Waals surface area contributed by atoms with E-state index in [2.05, 4.69) is 13.8 Å². The zero-order chi connectivity index (χ0) is 17.6. The van der Waals surface area contributed by atoms with Gasteiger partial charge in [-0.15, -0.1) is 0 Å². The van der Waals surface area contributed by atoms with Crippen molar-refractivity contribution in [2.45, 2.75) is 115 Å². The van der Waals surface area contributed by atoms with Gasteiger partial charge in [-0.1, -0.05) is 71.6 Å². The zero-order valence-electron chi connectivity index (χ0n) is 16.1. The molecule has 2 atom stereocenters. The van der Waals surface area contributed by atoms with E-state index in [1.165, 1.54) is 25.7 Å². The maximum Gasteiger partial charge on any atom is 1.00 e. The summed E-state index contributed by atoms with van der Waals surface area (Å²) in [4.78, 5) is 0. The maximum absolute atomic E-state index is 11.3. The van der Waals surface area contributed by atoms with Crippen LogP contribution in [0.15, 0.2) is 0 Å². The third kappa shape index (κ3) is 16.3. The number of unbranched alkanes of at least 4 members (excludes halogenated alkanes) is 7. The van der Waals surface area contributed by atoms with Crippen molar-refractivity contribution in [3.8, 4) is 0 Å². The molecule has 0 aromatic heterocycles. The fourth-order valence-corrected chi connectivity index (χ4v) is 3.85. The first-order valence-electron chi connectivity index (χ1n) is 9.54. The van der Waals surface area contributed by atoms with E-state index in [0.29, 0.717) is 25.7 Å². The second-order valence-electron chi connectivity index (χ2n) is 6.75. The van der Waals surface area contributed by atoms with Gasteiger partial charge in [0.2, 0.25) is 0 Å². The van der Waals surface area contributed by atoms with Gasteiger partial charge in [0.05, 0.1) is 16.2 Å². The Hall–Kier alpha value is 0.870. The van der Waals surface area contributed by atoms with Gasteiger partial charge >= 0.3 is 29.6 Å². The third-order valence-corrected chi connectivity index (χ3v) is 5.78. The molecule has 0 bridgehead atoms. The predicted octanol–water partition coefficient (Wildman–Crippen LogP) is 1.77. The third-order valence-electron chi connectivity index (χ3n) is 4.49. The molecule has 2 unspecified atom stereocenters. The summed E-state index contributed by atoms with van der Waals surface area (Å²) in [5.41, 5.74) is 0. The molecule has 0 fully saturated rings. The molecule has 0 saturated heterocycles. The van der Waals surface area contributed by atoms with Crippen LogP contribution in [0.1, 0.15) is 104 Å². The number of hydrogen-bond donors (Lipinski definition) is 1. The molecule has 0 saturated carbocycles. The second kappa shape index (κ2) is 17.3. The van der Waals surface area contributed by atoms with Crippen molar-refractivity contribution in [1.29, 1.82) is 0 Å². The van der Waals surface area contributed by atoms with Crippen molar-refractivity contribution >= 4 is 10.1 Å². The number of aliphatic hydroxyl groups excluding tert-OH is 1. The summed E-state index contributed by atoms with van der Waals surface area (Å²) in [6.45, 7) is 4.25. The van der Waals surface area contributed by atoms with Gasteiger partial charge in [0.25, 0.3) is 0 Å². The van der Waals surface area contributed by atoms with Gasteiger partial charge in [-0.25, -0.2) is 8.42 Å². The topological polar surface area (TPSA) is 77.4 Å². The minimum Gasteiger partial charge on any atom is -0.748 e. The van der Waals surface area contributed by atoms with E-state index in [4.69, 9.17) is 0 Å². The molecule has 0 aromatic rings. The van der Waals surface area contributed by atoms with Crippen molar-refractivity contribution in [2.24, 2.45) is 0 Å². The molecule has 0 spiro atoms. The molecule has 140 valence electrons. The number of rotatable bonds is 16. The van der Waals surface area contributed by atoms with Crippen LogP contribution in [0.2, 0.25) is 0 Å². The fraction of sp³-hybridized carbons (Fsp3) is 1.00. The maximum atomic E-state index is 11.3. The Morgan fingerprint density at radius 3 is 1.75 bits per heavy atom. The molecule has 6 heteroatoms. The van der Waals surface area contributed by atoms with E-state index < -0.39 is 15.4 Å². The molecule has 0 heterocycles. The summed E-state index contributed by atoms with van der Waals surface area (Å²) in [7, 11) is -4.20. The molecule has 0 aliphatic heterocycles. The summed E-state index contributed by atoms with van der Waals surface area (Å²) in [5, 5.41) is 9.19. The summed E-state index contributed by atoms with van der Waals surface area (Å²) < 4.78 is 33.8. The van der Waals surface area contributed by atoms with Crippen LogP contribution in [-0.4, -0.2) is 29.4 Å². The average molecular weight is 373 g/mol. The van der Waals surface area contributed by atoms with Crippen LogP contribution in [0.25, 0.3) is 0 Å². The Kier molecular flexibility index (Phi) is 19.5. The quantitative estimate of drug-likeness (QED) is 0.254. The first-order chi connectivity index (χ1) is 10.9. The first kappa shape index (κ1) is 27.1. The van der Waals surface area contributed by atoms with Crippen LogP contribution in [0.5, 0.6) is 0 Å². The second-order valence-corrected chi connectivity index (χ2v) is 8.40. The largest absolute Gasteiger partial charge is 1.00 e. The van der Waals surface area contributed by atoms with Gasteiger partial charge in [-0.2, -0.15) is 0 Å². The minimum absolute atomic E-state index is 0. The van der Waals surface area contributed by atoms with Crippen molar-refractivity contribution in [3.63, 3.8) is 0 Å². The van der Waals surface area contributed by atoms with Crippen molar-refractivity contribution in [1.82, 2.24) is 0 Å².